The number of aromatic nitrogens is 2. The molecule has 0 spiro atoms. The minimum absolute atomic E-state index is 0.00927. The van der Waals surface area contributed by atoms with Gasteiger partial charge < -0.3 is 15.1 Å². The van der Waals surface area contributed by atoms with Gasteiger partial charge in [-0.2, -0.15) is 0 Å². The molecule has 0 saturated heterocycles. The summed E-state index contributed by atoms with van der Waals surface area (Å²) in [6, 6.07) is 0.738. The molecule has 1 aliphatic rings. The Morgan fingerprint density at radius 1 is 1.31 bits per heavy atom. The molecule has 2 N–H and O–H groups in total. The summed E-state index contributed by atoms with van der Waals surface area (Å²) in [5.74, 6) is -0.738. The first-order valence-corrected chi connectivity index (χ1v) is 8.61. The van der Waals surface area contributed by atoms with E-state index in [4.69, 9.17) is 4.42 Å². The fraction of sp³-hybridized carbons (Fsp3) is 0.444. The first kappa shape index (κ1) is 18.0. The van der Waals surface area contributed by atoms with E-state index in [1.807, 2.05) is 13.8 Å². The van der Waals surface area contributed by atoms with Gasteiger partial charge in [0.2, 0.25) is 11.8 Å². The summed E-state index contributed by atoms with van der Waals surface area (Å²) in [5.41, 5.74) is 0.269. The van der Waals surface area contributed by atoms with Gasteiger partial charge in [-0.05, 0) is 18.8 Å². The van der Waals surface area contributed by atoms with E-state index in [0.717, 1.165) is 31.5 Å². The van der Waals surface area contributed by atoms with E-state index in [1.54, 1.807) is 0 Å². The van der Waals surface area contributed by atoms with Crippen LogP contribution in [0.1, 0.15) is 55.5 Å². The van der Waals surface area contributed by atoms with Gasteiger partial charge in [0.25, 0.3) is 5.91 Å². The maximum atomic E-state index is 13.2. The van der Waals surface area contributed by atoms with Crippen molar-refractivity contribution in [2.45, 2.75) is 39.2 Å². The number of amides is 2. The van der Waals surface area contributed by atoms with Gasteiger partial charge in [0.05, 0.1) is 18.1 Å². The lowest BCUT2D eigenvalue weighted by Crippen LogP contribution is -2.38. The quantitative estimate of drug-likeness (QED) is 0.825. The zero-order valence-electron chi connectivity index (χ0n) is 14.7. The number of carbonyl (C=O) groups is 2. The van der Waals surface area contributed by atoms with Crippen LogP contribution < -0.4 is 10.6 Å². The molecule has 7 nitrogen and oxygen atoms in total. The lowest BCUT2D eigenvalue weighted by atomic mass is 9.84. The second kappa shape index (κ2) is 7.63. The molecule has 1 saturated carbocycles. The molecule has 3 rings (SSSR count). The van der Waals surface area contributed by atoms with Crippen molar-refractivity contribution in [3.63, 3.8) is 0 Å². The second-order valence-electron chi connectivity index (χ2n) is 6.78. The Hall–Kier alpha value is -2.77. The summed E-state index contributed by atoms with van der Waals surface area (Å²) < 4.78 is 18.6. The van der Waals surface area contributed by atoms with Gasteiger partial charge in [-0.3, -0.25) is 14.6 Å². The number of pyridine rings is 1. The van der Waals surface area contributed by atoms with Gasteiger partial charge in [0.15, 0.2) is 5.69 Å². The molecular formula is C18H21FN4O3. The van der Waals surface area contributed by atoms with E-state index >= 15 is 0 Å². The minimum Gasteiger partial charge on any atom is -0.446 e. The van der Waals surface area contributed by atoms with Crippen molar-refractivity contribution in [2.75, 3.05) is 5.32 Å². The summed E-state index contributed by atoms with van der Waals surface area (Å²) >= 11 is 0. The second-order valence-corrected chi connectivity index (χ2v) is 6.78. The Morgan fingerprint density at radius 2 is 2.08 bits per heavy atom. The van der Waals surface area contributed by atoms with Crippen molar-refractivity contribution in [1.29, 1.82) is 0 Å². The molecule has 138 valence electrons. The minimum atomic E-state index is -0.553. The first-order chi connectivity index (χ1) is 12.4. The standard InChI is InChI=1S/C18H21FN4O3/c1-10(2)15(23-16(24)11-4-3-5-11)18-22-14(9-26-18)17(25)21-13-6-12(19)7-20-8-13/h6-11,15H,3-5H2,1-2H3,(H,21,25)(H,23,24)/t15-/m1/s1. The molecular weight excluding hydrogens is 339 g/mol. The van der Waals surface area contributed by atoms with Crippen LogP contribution in [0, 0.1) is 17.7 Å². The van der Waals surface area contributed by atoms with Crippen LogP contribution in [0.15, 0.2) is 29.1 Å². The summed E-state index contributed by atoms with van der Waals surface area (Å²) in [7, 11) is 0. The van der Waals surface area contributed by atoms with Crippen LogP contribution in [0.3, 0.4) is 0 Å². The van der Waals surface area contributed by atoms with Crippen molar-refractivity contribution in [3.8, 4) is 0 Å². The van der Waals surface area contributed by atoms with Gasteiger partial charge >= 0.3 is 0 Å². The molecule has 0 unspecified atom stereocenters. The van der Waals surface area contributed by atoms with E-state index < -0.39 is 17.8 Å². The maximum Gasteiger partial charge on any atom is 0.277 e. The fourth-order valence-electron chi connectivity index (χ4n) is 2.67. The number of nitrogens with zero attached hydrogens (tertiary/aromatic N) is 2. The molecule has 2 aromatic heterocycles. The number of rotatable bonds is 6. The number of oxazole rings is 1. The van der Waals surface area contributed by atoms with Crippen LogP contribution in [0.4, 0.5) is 10.1 Å². The SMILES string of the molecule is CC(C)[C@@H](NC(=O)C1CCC1)c1nc(C(=O)Nc2cncc(F)c2)co1. The number of hydrogen-bond acceptors (Lipinski definition) is 5. The lowest BCUT2D eigenvalue weighted by molar-refractivity contribution is -0.128. The van der Waals surface area contributed by atoms with E-state index in [-0.39, 0.29) is 35.0 Å². The number of halogens is 1. The zero-order chi connectivity index (χ0) is 18.7. The van der Waals surface area contributed by atoms with Crippen molar-refractivity contribution in [3.05, 3.63) is 42.1 Å². The fourth-order valence-corrected chi connectivity index (χ4v) is 2.67. The molecule has 0 aromatic carbocycles. The van der Waals surface area contributed by atoms with Crippen molar-refractivity contribution < 1.29 is 18.4 Å². The summed E-state index contributed by atoms with van der Waals surface area (Å²) in [4.78, 5) is 32.3. The van der Waals surface area contributed by atoms with Crippen LogP contribution in [0.2, 0.25) is 0 Å². The third-order valence-electron chi connectivity index (χ3n) is 4.42. The van der Waals surface area contributed by atoms with Crippen LogP contribution in [0.25, 0.3) is 0 Å². The molecule has 2 aromatic rings. The zero-order valence-corrected chi connectivity index (χ0v) is 14.7. The molecule has 1 aliphatic carbocycles. The number of nitrogens with one attached hydrogen (secondary N) is 2. The van der Waals surface area contributed by atoms with Gasteiger partial charge in [0, 0.05) is 12.0 Å². The first-order valence-electron chi connectivity index (χ1n) is 8.61. The van der Waals surface area contributed by atoms with E-state index in [9.17, 15) is 14.0 Å². The molecule has 0 radical (unpaired) electrons. The van der Waals surface area contributed by atoms with Gasteiger partial charge in [-0.15, -0.1) is 0 Å². The van der Waals surface area contributed by atoms with E-state index in [0.29, 0.717) is 0 Å². The highest BCUT2D eigenvalue weighted by molar-refractivity contribution is 6.02. The van der Waals surface area contributed by atoms with Crippen LogP contribution >= 0.6 is 0 Å². The van der Waals surface area contributed by atoms with Gasteiger partial charge in [-0.25, -0.2) is 9.37 Å². The Balaban J connectivity index is 1.69. The normalized spacial score (nSPS) is 15.4. The average molecular weight is 360 g/mol. The number of carbonyl (C=O) groups excluding carboxylic acids is 2. The van der Waals surface area contributed by atoms with Gasteiger partial charge in [-0.1, -0.05) is 20.3 Å². The Morgan fingerprint density at radius 3 is 2.69 bits per heavy atom. The third-order valence-corrected chi connectivity index (χ3v) is 4.42. The highest BCUT2D eigenvalue weighted by atomic mass is 19.1. The molecule has 26 heavy (non-hydrogen) atoms. The molecule has 0 bridgehead atoms. The largest absolute Gasteiger partial charge is 0.446 e. The van der Waals surface area contributed by atoms with Crippen molar-refractivity contribution >= 4 is 17.5 Å². The Labute approximate surface area is 150 Å². The van der Waals surface area contributed by atoms with Crippen LogP contribution in [-0.2, 0) is 4.79 Å². The lowest BCUT2D eigenvalue weighted by Gasteiger charge is -2.27. The van der Waals surface area contributed by atoms with E-state index in [2.05, 4.69) is 20.6 Å². The Kier molecular flexibility index (Phi) is 5.29. The summed E-state index contributed by atoms with van der Waals surface area (Å²) in [6.07, 6.45) is 6.47. The molecule has 8 heteroatoms. The molecule has 1 fully saturated rings. The predicted molar refractivity (Wildman–Crippen MR) is 91.7 cm³/mol. The summed E-state index contributed by atoms with van der Waals surface area (Å²) in [5, 5.41) is 5.46. The van der Waals surface area contributed by atoms with Crippen molar-refractivity contribution in [1.82, 2.24) is 15.3 Å². The van der Waals surface area contributed by atoms with Crippen LogP contribution in [-0.4, -0.2) is 21.8 Å². The maximum absolute atomic E-state index is 13.2. The molecule has 0 aliphatic heterocycles. The highest BCUT2D eigenvalue weighted by Crippen LogP contribution is 2.29. The van der Waals surface area contributed by atoms with Gasteiger partial charge in [0.1, 0.15) is 18.1 Å². The third kappa shape index (κ3) is 4.07. The van der Waals surface area contributed by atoms with Crippen LogP contribution in [0.5, 0.6) is 0 Å². The number of hydrogen-bond donors (Lipinski definition) is 2. The average Bonchev–Trinajstić information content (AvgIpc) is 3.00. The molecule has 2 amide bonds. The molecule has 1 atom stereocenters. The molecule has 2 heterocycles. The topological polar surface area (TPSA) is 97.1 Å². The smallest absolute Gasteiger partial charge is 0.277 e. The van der Waals surface area contributed by atoms with E-state index in [1.165, 1.54) is 12.5 Å². The highest BCUT2D eigenvalue weighted by Gasteiger charge is 2.30. The number of anilines is 1. The monoisotopic (exact) mass is 360 g/mol. The Bertz CT molecular complexity index is 801. The van der Waals surface area contributed by atoms with Crippen molar-refractivity contribution in [2.24, 2.45) is 11.8 Å². The summed E-state index contributed by atoms with van der Waals surface area (Å²) in [6.45, 7) is 3.88. The predicted octanol–water partition coefficient (Wildman–Crippen LogP) is 3.07.